The number of hydrogen-bond acceptors (Lipinski definition) is 8. The Bertz CT molecular complexity index is 896. The van der Waals surface area contributed by atoms with Crippen LogP contribution in [0.2, 0.25) is 0 Å². The summed E-state index contributed by atoms with van der Waals surface area (Å²) < 4.78 is 45.3. The van der Waals surface area contributed by atoms with E-state index in [1.807, 2.05) is 13.0 Å². The van der Waals surface area contributed by atoms with Gasteiger partial charge in [0.1, 0.15) is 0 Å². The van der Waals surface area contributed by atoms with Gasteiger partial charge in [-0.05, 0) is 54.1 Å². The molecule has 1 fully saturated rings. The molecule has 0 spiro atoms. The van der Waals surface area contributed by atoms with Gasteiger partial charge in [-0.25, -0.2) is 4.98 Å². The molecule has 1 aliphatic rings. The van der Waals surface area contributed by atoms with Crippen molar-refractivity contribution in [3.8, 4) is 23.1 Å². The van der Waals surface area contributed by atoms with E-state index in [-0.39, 0.29) is 61.3 Å². The number of hydrogen-bond donors (Lipinski definition) is 1. The number of phenolic OH excluding ortho intramolecular Hbond substituents is 1. The molecule has 0 saturated carbocycles. The normalized spacial score (nSPS) is 19.1. The third-order valence-corrected chi connectivity index (χ3v) is 5.37. The Morgan fingerprint density at radius 3 is 2.50 bits per heavy atom. The molecule has 0 amide bonds. The van der Waals surface area contributed by atoms with Crippen LogP contribution in [0.15, 0.2) is 29.3 Å². The molecule has 1 aromatic carbocycles. The second-order valence-electron chi connectivity index (χ2n) is 6.62. The number of rotatable bonds is 8. The van der Waals surface area contributed by atoms with Crippen LogP contribution in [0.25, 0.3) is 0 Å². The van der Waals surface area contributed by atoms with Crippen molar-refractivity contribution in [3.63, 3.8) is 0 Å². The Labute approximate surface area is 203 Å². The first-order valence-electron chi connectivity index (χ1n) is 9.30. The standard InChI is InChI=1S/C20H25NO7S.Y/c1-4-7-27-19-14(22)8-12(10-18(19)29(23)24)15-5-6-16(28-15)13-9-17(25-2)20(26-3)21-11-13;/h8-11,15-16,22H,4-7H2,1-3H3,(H,23,24);/q;+3/p-1. The number of pyridine rings is 1. The van der Waals surface area contributed by atoms with Crippen LogP contribution in [0, 0.1) is 0 Å². The molecule has 1 aliphatic heterocycles. The third kappa shape index (κ3) is 5.50. The molecule has 1 N–H and O–H groups in total. The van der Waals surface area contributed by atoms with Gasteiger partial charge in [0.05, 0.1) is 37.9 Å². The SMILES string of the molecule is CCCOc1c(O)cc(C2CCC(c3cnc(OC)c(OC)c3)O2)cc1S(=O)[O-].[Y+3]. The Morgan fingerprint density at radius 2 is 1.90 bits per heavy atom. The average molecular weight is 511 g/mol. The Kier molecular flexibility index (Phi) is 9.49. The van der Waals surface area contributed by atoms with Crippen molar-refractivity contribution in [2.75, 3.05) is 20.8 Å². The van der Waals surface area contributed by atoms with Gasteiger partial charge in [0.15, 0.2) is 17.2 Å². The van der Waals surface area contributed by atoms with Gasteiger partial charge in [0.2, 0.25) is 0 Å². The quantitative estimate of drug-likeness (QED) is 0.537. The molecule has 3 rings (SSSR count). The number of methoxy groups -OCH3 is 2. The predicted molar refractivity (Wildman–Crippen MR) is 104 cm³/mol. The summed E-state index contributed by atoms with van der Waals surface area (Å²) in [4.78, 5) is 4.16. The van der Waals surface area contributed by atoms with Crippen LogP contribution in [0.4, 0.5) is 0 Å². The predicted octanol–water partition coefficient (Wildman–Crippen LogP) is 3.42. The van der Waals surface area contributed by atoms with Gasteiger partial charge in [-0.3, -0.25) is 4.21 Å². The van der Waals surface area contributed by atoms with Crippen molar-refractivity contribution in [1.29, 1.82) is 0 Å². The fourth-order valence-electron chi connectivity index (χ4n) is 3.32. The third-order valence-electron chi connectivity index (χ3n) is 4.70. The largest absolute Gasteiger partial charge is 3.00 e. The molecular weight excluding hydrogens is 487 g/mol. The van der Waals surface area contributed by atoms with Crippen LogP contribution < -0.4 is 14.2 Å². The second kappa shape index (κ2) is 11.4. The molecule has 2 aromatic rings. The van der Waals surface area contributed by atoms with E-state index in [0.717, 1.165) is 5.56 Å². The molecule has 0 radical (unpaired) electrons. The van der Waals surface area contributed by atoms with Crippen LogP contribution >= 0.6 is 0 Å². The Morgan fingerprint density at radius 1 is 1.20 bits per heavy atom. The van der Waals surface area contributed by atoms with Crippen molar-refractivity contribution in [3.05, 3.63) is 35.5 Å². The van der Waals surface area contributed by atoms with E-state index in [4.69, 9.17) is 18.9 Å². The maximum absolute atomic E-state index is 11.7. The number of ether oxygens (including phenoxy) is 4. The fraction of sp³-hybridized carbons (Fsp3) is 0.450. The second-order valence-corrected chi connectivity index (χ2v) is 7.53. The first kappa shape index (κ1) is 25.0. The fourth-order valence-corrected chi connectivity index (χ4v) is 3.86. The van der Waals surface area contributed by atoms with Gasteiger partial charge in [-0.1, -0.05) is 6.92 Å². The van der Waals surface area contributed by atoms with E-state index in [9.17, 15) is 13.9 Å². The number of nitrogens with zero attached hydrogens (tertiary/aromatic N) is 1. The van der Waals surface area contributed by atoms with E-state index in [0.29, 0.717) is 43.1 Å². The molecule has 3 atom stereocenters. The van der Waals surface area contributed by atoms with Crippen LogP contribution in [-0.2, 0) is 48.5 Å². The Balaban J connectivity index is 0.00000320. The number of benzene rings is 1. The van der Waals surface area contributed by atoms with Crippen molar-refractivity contribution in [2.45, 2.75) is 43.3 Å². The first-order chi connectivity index (χ1) is 14.0. The van der Waals surface area contributed by atoms with Gasteiger partial charge in [0, 0.05) is 11.8 Å². The Hall–Kier alpha value is -1.26. The first-order valence-corrected chi connectivity index (χ1v) is 10.4. The van der Waals surface area contributed by atoms with Gasteiger partial charge in [0.25, 0.3) is 5.88 Å². The summed E-state index contributed by atoms with van der Waals surface area (Å²) in [5.74, 6) is 0.662. The molecule has 1 saturated heterocycles. The van der Waals surface area contributed by atoms with Gasteiger partial charge >= 0.3 is 32.7 Å². The minimum atomic E-state index is -2.55. The molecule has 3 unspecified atom stereocenters. The number of aromatic nitrogens is 1. The molecular formula is C20H24NO7SY+2. The molecule has 8 nitrogen and oxygen atoms in total. The van der Waals surface area contributed by atoms with Gasteiger partial charge in [-0.15, -0.1) is 0 Å². The van der Waals surface area contributed by atoms with Crippen molar-refractivity contribution in [2.24, 2.45) is 0 Å². The maximum Gasteiger partial charge on any atom is 3.00 e. The van der Waals surface area contributed by atoms with Crippen molar-refractivity contribution >= 4 is 11.1 Å². The molecule has 10 heteroatoms. The number of phenols is 1. The molecule has 0 aliphatic carbocycles. The minimum Gasteiger partial charge on any atom is -0.768 e. The zero-order valence-electron chi connectivity index (χ0n) is 17.1. The van der Waals surface area contributed by atoms with Crippen LogP contribution in [0.1, 0.15) is 49.5 Å². The molecule has 1 aromatic heterocycles. The van der Waals surface area contributed by atoms with E-state index in [1.54, 1.807) is 6.20 Å². The molecule has 0 bridgehead atoms. The van der Waals surface area contributed by atoms with Crippen LogP contribution in [-0.4, -0.2) is 39.7 Å². The summed E-state index contributed by atoms with van der Waals surface area (Å²) in [7, 11) is 3.06. The van der Waals surface area contributed by atoms with Crippen LogP contribution in [0.5, 0.6) is 23.1 Å². The van der Waals surface area contributed by atoms with Gasteiger partial charge in [-0.2, -0.15) is 0 Å². The van der Waals surface area contributed by atoms with Crippen molar-refractivity contribution in [1.82, 2.24) is 4.98 Å². The zero-order valence-corrected chi connectivity index (χ0v) is 20.8. The van der Waals surface area contributed by atoms with Crippen LogP contribution in [0.3, 0.4) is 0 Å². The minimum absolute atomic E-state index is 0. The summed E-state index contributed by atoms with van der Waals surface area (Å²) in [5.41, 5.74) is 1.42. The molecule has 2 heterocycles. The summed E-state index contributed by atoms with van der Waals surface area (Å²) in [6.45, 7) is 2.21. The maximum atomic E-state index is 11.7. The summed E-state index contributed by atoms with van der Waals surface area (Å²) in [5, 5.41) is 10.3. The zero-order chi connectivity index (χ0) is 21.0. The van der Waals surface area contributed by atoms with E-state index < -0.39 is 11.1 Å². The van der Waals surface area contributed by atoms with E-state index in [1.165, 1.54) is 26.4 Å². The summed E-state index contributed by atoms with van der Waals surface area (Å²) >= 11 is -2.55. The average Bonchev–Trinajstić information content (AvgIpc) is 3.22. The van der Waals surface area contributed by atoms with E-state index >= 15 is 0 Å². The van der Waals surface area contributed by atoms with Gasteiger partial charge < -0.3 is 28.6 Å². The number of aromatic hydroxyl groups is 1. The van der Waals surface area contributed by atoms with E-state index in [2.05, 4.69) is 4.98 Å². The topological polar surface area (TPSA) is 110 Å². The summed E-state index contributed by atoms with van der Waals surface area (Å²) in [6.07, 6.45) is 3.16. The monoisotopic (exact) mass is 511 g/mol. The molecule has 158 valence electrons. The van der Waals surface area contributed by atoms with Crippen molar-refractivity contribution < 1.29 is 65.5 Å². The molecule has 30 heavy (non-hydrogen) atoms. The smallest absolute Gasteiger partial charge is 0.768 e. The summed E-state index contributed by atoms with van der Waals surface area (Å²) in [6, 6.07) is 4.81.